The topological polar surface area (TPSA) is 147 Å². The van der Waals surface area contributed by atoms with E-state index >= 15 is 0 Å². The van der Waals surface area contributed by atoms with Gasteiger partial charge in [-0.15, -0.1) is 0 Å². The lowest BCUT2D eigenvalue weighted by Crippen LogP contribution is -2.39. The van der Waals surface area contributed by atoms with Crippen LogP contribution in [0.3, 0.4) is 0 Å². The lowest BCUT2D eigenvalue weighted by Gasteiger charge is -2.26. The summed E-state index contributed by atoms with van der Waals surface area (Å²) in [6, 6.07) is 8.73. The quantitative estimate of drug-likeness (QED) is 0.210. The molecule has 1 rings (SSSR count). The highest BCUT2D eigenvalue weighted by Crippen LogP contribution is 2.15. The number of rotatable bonds is 9. The van der Waals surface area contributed by atoms with Crippen molar-refractivity contribution in [1.82, 2.24) is 10.2 Å². The number of benzene rings is 1. The number of nitrogens with zero attached hydrogens (tertiary/aromatic N) is 4. The number of nitrogens with two attached hydrogens (primary N) is 1. The summed E-state index contributed by atoms with van der Waals surface area (Å²) in [6.45, 7) is 1.70. The third-order valence-corrected chi connectivity index (χ3v) is 3.50. The van der Waals surface area contributed by atoms with E-state index in [2.05, 4.69) is 10.3 Å². The molecule has 27 heavy (non-hydrogen) atoms. The smallest absolute Gasteiger partial charge is 0.350 e. The predicted octanol–water partition coefficient (Wildman–Crippen LogP) is 0.576. The molecule has 0 unspecified atom stereocenters. The van der Waals surface area contributed by atoms with Gasteiger partial charge in [-0.2, -0.15) is 5.26 Å². The van der Waals surface area contributed by atoms with E-state index in [0.717, 1.165) is 0 Å². The maximum atomic E-state index is 12.0. The zero-order valence-corrected chi connectivity index (χ0v) is 15.4. The number of aliphatic imine (C=N–C) groups is 1. The Hall–Kier alpha value is -3.61. The van der Waals surface area contributed by atoms with Crippen molar-refractivity contribution in [3.8, 4) is 6.07 Å². The number of nitriles is 1. The number of esters is 1. The van der Waals surface area contributed by atoms with Crippen LogP contribution in [0.1, 0.15) is 18.1 Å². The molecule has 10 heteroatoms. The summed E-state index contributed by atoms with van der Waals surface area (Å²) in [4.78, 5) is 28.0. The highest BCUT2D eigenvalue weighted by molar-refractivity contribution is 5.95. The second-order valence-corrected chi connectivity index (χ2v) is 5.29. The van der Waals surface area contributed by atoms with Crippen molar-refractivity contribution < 1.29 is 14.5 Å². The monoisotopic (exact) mass is 374 g/mol. The van der Waals surface area contributed by atoms with Crippen LogP contribution in [-0.2, 0) is 16.1 Å². The summed E-state index contributed by atoms with van der Waals surface area (Å²) >= 11 is 0. The first-order valence-electron chi connectivity index (χ1n) is 8.06. The van der Waals surface area contributed by atoms with Gasteiger partial charge in [0.25, 0.3) is 0 Å². The maximum Gasteiger partial charge on any atom is 0.350 e. The highest BCUT2D eigenvalue weighted by atomic mass is 16.6. The molecule has 0 fully saturated rings. The second kappa shape index (κ2) is 10.4. The molecule has 3 N–H and O–H groups in total. The summed E-state index contributed by atoms with van der Waals surface area (Å²) in [5, 5.41) is 23.3. The predicted molar refractivity (Wildman–Crippen MR) is 98.8 cm³/mol. The molecule has 0 amide bonds. The SMILES string of the molecule is CCOC(=O)CN(Cc1cccc(C#N)c1)C(NC)=C(C(N)=NC)[N+](=O)[O-]. The third-order valence-electron chi connectivity index (χ3n) is 3.50. The first-order chi connectivity index (χ1) is 12.9. The Bertz CT molecular complexity index is 797. The van der Waals surface area contributed by atoms with Crippen LogP contribution >= 0.6 is 0 Å². The van der Waals surface area contributed by atoms with E-state index in [0.29, 0.717) is 11.1 Å². The van der Waals surface area contributed by atoms with Gasteiger partial charge in [-0.1, -0.05) is 12.1 Å². The van der Waals surface area contributed by atoms with E-state index in [4.69, 9.17) is 15.7 Å². The minimum absolute atomic E-state index is 0.0125. The Morgan fingerprint density at radius 1 is 1.52 bits per heavy atom. The van der Waals surface area contributed by atoms with Crippen LogP contribution in [0.15, 0.2) is 40.8 Å². The van der Waals surface area contributed by atoms with Gasteiger partial charge < -0.3 is 20.7 Å². The summed E-state index contributed by atoms with van der Waals surface area (Å²) in [5.74, 6) is -0.834. The lowest BCUT2D eigenvalue weighted by atomic mass is 10.1. The number of amidine groups is 1. The van der Waals surface area contributed by atoms with Crippen molar-refractivity contribution in [2.75, 3.05) is 27.2 Å². The van der Waals surface area contributed by atoms with Crippen molar-refractivity contribution >= 4 is 11.8 Å². The summed E-state index contributed by atoms with van der Waals surface area (Å²) in [7, 11) is 2.81. The average Bonchev–Trinajstić information content (AvgIpc) is 2.65. The number of ether oxygens (including phenoxy) is 1. The van der Waals surface area contributed by atoms with E-state index in [1.807, 2.05) is 6.07 Å². The number of hydrogen-bond acceptors (Lipinski definition) is 8. The summed E-state index contributed by atoms with van der Waals surface area (Å²) < 4.78 is 4.96. The molecule has 0 saturated carbocycles. The van der Waals surface area contributed by atoms with E-state index in [1.165, 1.54) is 19.0 Å². The van der Waals surface area contributed by atoms with Gasteiger partial charge >= 0.3 is 11.7 Å². The summed E-state index contributed by atoms with van der Waals surface area (Å²) in [6.07, 6.45) is 0. The van der Waals surface area contributed by atoms with Gasteiger partial charge in [-0.3, -0.25) is 19.9 Å². The zero-order valence-electron chi connectivity index (χ0n) is 15.4. The van der Waals surface area contributed by atoms with Gasteiger partial charge in [0.2, 0.25) is 5.84 Å². The molecule has 0 radical (unpaired) electrons. The summed E-state index contributed by atoms with van der Waals surface area (Å²) in [5.41, 5.74) is 6.34. The molecule has 144 valence electrons. The molecule has 0 aliphatic rings. The van der Waals surface area contributed by atoms with E-state index in [1.54, 1.807) is 31.2 Å². The molecule has 0 atom stereocenters. The fourth-order valence-corrected chi connectivity index (χ4v) is 2.37. The van der Waals surface area contributed by atoms with E-state index < -0.39 is 16.6 Å². The fourth-order valence-electron chi connectivity index (χ4n) is 2.37. The van der Waals surface area contributed by atoms with Crippen LogP contribution < -0.4 is 11.1 Å². The average molecular weight is 374 g/mol. The minimum atomic E-state index is -0.669. The van der Waals surface area contributed by atoms with Crippen molar-refractivity contribution in [1.29, 1.82) is 5.26 Å². The van der Waals surface area contributed by atoms with Gasteiger partial charge in [-0.25, -0.2) is 0 Å². The maximum absolute atomic E-state index is 12.0. The Labute approximate surface area is 157 Å². The van der Waals surface area contributed by atoms with Crippen LogP contribution in [0.4, 0.5) is 0 Å². The Morgan fingerprint density at radius 2 is 2.22 bits per heavy atom. The second-order valence-electron chi connectivity index (χ2n) is 5.29. The molecule has 10 nitrogen and oxygen atoms in total. The van der Waals surface area contributed by atoms with E-state index in [-0.39, 0.29) is 31.4 Å². The number of hydrogen-bond donors (Lipinski definition) is 2. The molecule has 0 spiro atoms. The van der Waals surface area contributed by atoms with Crippen molar-refractivity contribution in [3.05, 3.63) is 57.0 Å². The largest absolute Gasteiger partial charge is 0.465 e. The van der Waals surface area contributed by atoms with Crippen LogP contribution in [0.5, 0.6) is 0 Å². The number of carbonyl (C=O) groups is 1. The molecule has 0 heterocycles. The lowest BCUT2D eigenvalue weighted by molar-refractivity contribution is -0.417. The number of nitrogens with one attached hydrogen (secondary N) is 1. The first kappa shape index (κ1) is 21.4. The Morgan fingerprint density at radius 3 is 2.74 bits per heavy atom. The molecule has 1 aromatic carbocycles. The van der Waals surface area contributed by atoms with Gasteiger partial charge in [0.15, 0.2) is 5.82 Å². The minimum Gasteiger partial charge on any atom is -0.465 e. The third kappa shape index (κ3) is 6.00. The van der Waals surface area contributed by atoms with Crippen LogP contribution in [-0.4, -0.2) is 48.9 Å². The standard InChI is InChI=1S/C17H22N6O4/c1-4-27-14(24)11-22(10-13-7-5-6-12(8-13)9-18)17(21-3)15(23(25)26)16(19)20-2/h5-8,21H,4,10-11H2,1-3H3,(H2,19,20). The van der Waals surface area contributed by atoms with Gasteiger partial charge in [-0.05, 0) is 24.6 Å². The van der Waals surface area contributed by atoms with Crippen LogP contribution in [0.25, 0.3) is 0 Å². The fraction of sp³-hybridized carbons (Fsp3) is 0.353. The molecular weight excluding hydrogens is 352 g/mol. The van der Waals surface area contributed by atoms with Gasteiger partial charge in [0, 0.05) is 20.6 Å². The van der Waals surface area contributed by atoms with Crippen molar-refractivity contribution in [2.45, 2.75) is 13.5 Å². The molecule has 0 bridgehead atoms. The molecule has 0 saturated heterocycles. The molecule has 1 aromatic rings. The Balaban J connectivity index is 3.42. The molecule has 0 aliphatic heterocycles. The molecular formula is C17H22N6O4. The Kier molecular flexibility index (Phi) is 8.25. The van der Waals surface area contributed by atoms with Gasteiger partial charge in [0.1, 0.15) is 6.54 Å². The van der Waals surface area contributed by atoms with E-state index in [9.17, 15) is 14.9 Å². The number of nitro groups is 1. The van der Waals surface area contributed by atoms with Crippen LogP contribution in [0, 0.1) is 21.4 Å². The van der Waals surface area contributed by atoms with Crippen molar-refractivity contribution in [3.63, 3.8) is 0 Å². The molecule has 0 aromatic heterocycles. The highest BCUT2D eigenvalue weighted by Gasteiger charge is 2.28. The van der Waals surface area contributed by atoms with Gasteiger partial charge in [0.05, 0.1) is 23.2 Å². The van der Waals surface area contributed by atoms with Crippen LogP contribution in [0.2, 0.25) is 0 Å². The van der Waals surface area contributed by atoms with Crippen molar-refractivity contribution in [2.24, 2.45) is 10.7 Å². The number of carbonyl (C=O) groups excluding carboxylic acids is 1. The molecule has 0 aliphatic carbocycles. The normalized spacial score (nSPS) is 11.9. The first-order valence-corrected chi connectivity index (χ1v) is 8.06. The zero-order chi connectivity index (χ0) is 20.4.